The summed E-state index contributed by atoms with van der Waals surface area (Å²) in [6.45, 7) is 3.52. The van der Waals surface area contributed by atoms with Crippen molar-refractivity contribution in [3.8, 4) is 0 Å². The van der Waals surface area contributed by atoms with Crippen molar-refractivity contribution in [1.29, 1.82) is 0 Å². The summed E-state index contributed by atoms with van der Waals surface area (Å²) >= 11 is 0. The van der Waals surface area contributed by atoms with E-state index in [9.17, 15) is 8.42 Å². The van der Waals surface area contributed by atoms with Gasteiger partial charge < -0.3 is 9.47 Å². The summed E-state index contributed by atoms with van der Waals surface area (Å²) in [4.78, 5) is 0. The zero-order valence-electron chi connectivity index (χ0n) is 11.2. The van der Waals surface area contributed by atoms with Crippen LogP contribution in [0.4, 0.5) is 0 Å². The summed E-state index contributed by atoms with van der Waals surface area (Å²) in [6, 6.07) is 0. The van der Waals surface area contributed by atoms with Crippen LogP contribution in [0, 0.1) is 11.3 Å². The van der Waals surface area contributed by atoms with Gasteiger partial charge in [0.15, 0.2) is 0 Å². The molecule has 0 saturated carbocycles. The molecule has 1 atom stereocenters. The summed E-state index contributed by atoms with van der Waals surface area (Å²) in [5.74, 6) is 0.401. The third-order valence-electron chi connectivity index (χ3n) is 4.48. The van der Waals surface area contributed by atoms with Gasteiger partial charge in [-0.05, 0) is 24.7 Å². The van der Waals surface area contributed by atoms with Gasteiger partial charge in [-0.3, -0.25) is 0 Å². The Labute approximate surface area is 109 Å². The first-order valence-electron chi connectivity index (χ1n) is 6.50. The number of ether oxygens (including phenoxy) is 2. The molecule has 0 aliphatic carbocycles. The van der Waals surface area contributed by atoms with Crippen molar-refractivity contribution >= 4 is 10.0 Å². The van der Waals surface area contributed by atoms with Gasteiger partial charge in [-0.15, -0.1) is 0 Å². The van der Waals surface area contributed by atoms with Crippen molar-refractivity contribution in [3.63, 3.8) is 0 Å². The molecule has 2 fully saturated rings. The van der Waals surface area contributed by atoms with Crippen molar-refractivity contribution in [2.45, 2.75) is 19.3 Å². The molecule has 0 aromatic carbocycles. The first kappa shape index (κ1) is 14.2. The number of piperidine rings is 1. The third kappa shape index (κ3) is 2.87. The van der Waals surface area contributed by atoms with Crippen molar-refractivity contribution in [2.24, 2.45) is 11.3 Å². The van der Waals surface area contributed by atoms with Gasteiger partial charge in [-0.25, -0.2) is 12.7 Å². The van der Waals surface area contributed by atoms with Crippen molar-refractivity contribution in [1.82, 2.24) is 4.31 Å². The average molecular weight is 277 g/mol. The van der Waals surface area contributed by atoms with Crippen molar-refractivity contribution < 1.29 is 17.9 Å². The number of hydrogen-bond acceptors (Lipinski definition) is 4. The van der Waals surface area contributed by atoms with Crippen LogP contribution in [0.1, 0.15) is 19.3 Å². The first-order chi connectivity index (χ1) is 8.48. The van der Waals surface area contributed by atoms with E-state index in [1.807, 2.05) is 0 Å². The van der Waals surface area contributed by atoms with Gasteiger partial charge in [-0.1, -0.05) is 0 Å². The average Bonchev–Trinajstić information content (AvgIpc) is 2.32. The molecule has 6 heteroatoms. The Kier molecular flexibility index (Phi) is 4.31. The van der Waals surface area contributed by atoms with Gasteiger partial charge in [0.05, 0.1) is 19.5 Å². The molecule has 0 radical (unpaired) electrons. The molecule has 0 amide bonds. The fourth-order valence-electron chi connectivity index (χ4n) is 3.23. The summed E-state index contributed by atoms with van der Waals surface area (Å²) in [5, 5.41) is 0. The van der Waals surface area contributed by atoms with Crippen molar-refractivity contribution in [3.05, 3.63) is 0 Å². The van der Waals surface area contributed by atoms with E-state index >= 15 is 0 Å². The van der Waals surface area contributed by atoms with Gasteiger partial charge >= 0.3 is 0 Å². The second-order valence-electron chi connectivity index (χ2n) is 5.50. The standard InChI is InChI=1S/C12H23NO4S/c1-16-9-11-10-17-8-5-12(11)3-6-13(7-4-12)18(2,14)15/h11H,3-10H2,1-2H3. The van der Waals surface area contributed by atoms with Crippen LogP contribution >= 0.6 is 0 Å². The molecule has 2 rings (SSSR count). The van der Waals surface area contributed by atoms with E-state index in [-0.39, 0.29) is 5.41 Å². The van der Waals surface area contributed by atoms with E-state index in [2.05, 4.69) is 0 Å². The van der Waals surface area contributed by atoms with Gasteiger partial charge in [0.1, 0.15) is 0 Å². The first-order valence-corrected chi connectivity index (χ1v) is 8.35. The minimum absolute atomic E-state index is 0.218. The largest absolute Gasteiger partial charge is 0.384 e. The van der Waals surface area contributed by atoms with Crippen LogP contribution in [0.2, 0.25) is 0 Å². The predicted molar refractivity (Wildman–Crippen MR) is 68.9 cm³/mol. The zero-order chi connectivity index (χ0) is 13.2. The molecule has 0 bridgehead atoms. The van der Waals surface area contributed by atoms with Gasteiger partial charge in [0, 0.05) is 32.7 Å². The minimum atomic E-state index is -3.04. The lowest BCUT2D eigenvalue weighted by molar-refractivity contribution is -0.0881. The molecule has 1 unspecified atom stereocenters. The van der Waals surface area contributed by atoms with Crippen LogP contribution in [0.5, 0.6) is 0 Å². The topological polar surface area (TPSA) is 55.8 Å². The number of methoxy groups -OCH3 is 1. The molecule has 2 aliphatic heterocycles. The number of sulfonamides is 1. The van der Waals surface area contributed by atoms with E-state index in [0.717, 1.165) is 32.5 Å². The fraction of sp³-hybridized carbons (Fsp3) is 1.00. The Morgan fingerprint density at radius 3 is 2.56 bits per heavy atom. The molecule has 0 aromatic heterocycles. The van der Waals surface area contributed by atoms with Crippen LogP contribution in [0.3, 0.4) is 0 Å². The summed E-state index contributed by atoms with van der Waals surface area (Å²) in [5.41, 5.74) is 0.218. The summed E-state index contributed by atoms with van der Waals surface area (Å²) < 4.78 is 35.5. The Morgan fingerprint density at radius 2 is 2.00 bits per heavy atom. The van der Waals surface area contributed by atoms with E-state index in [1.54, 1.807) is 11.4 Å². The summed E-state index contributed by atoms with van der Waals surface area (Å²) in [7, 11) is -1.32. The van der Waals surface area contributed by atoms with Crippen LogP contribution < -0.4 is 0 Å². The highest BCUT2D eigenvalue weighted by molar-refractivity contribution is 7.88. The molecule has 18 heavy (non-hydrogen) atoms. The Balaban J connectivity index is 2.04. The maximum Gasteiger partial charge on any atom is 0.211 e. The summed E-state index contributed by atoms with van der Waals surface area (Å²) in [6.07, 6.45) is 4.18. The van der Waals surface area contributed by atoms with E-state index < -0.39 is 10.0 Å². The number of hydrogen-bond donors (Lipinski definition) is 0. The monoisotopic (exact) mass is 277 g/mol. The van der Waals surface area contributed by atoms with E-state index in [4.69, 9.17) is 9.47 Å². The molecule has 106 valence electrons. The Bertz CT molecular complexity index is 372. The maximum absolute atomic E-state index is 11.5. The minimum Gasteiger partial charge on any atom is -0.384 e. The highest BCUT2D eigenvalue weighted by Gasteiger charge is 2.44. The lowest BCUT2D eigenvalue weighted by Gasteiger charge is -2.48. The molecule has 0 aromatic rings. The second kappa shape index (κ2) is 5.45. The molecule has 2 saturated heterocycles. The molecule has 0 N–H and O–H groups in total. The van der Waals surface area contributed by atoms with Crippen LogP contribution in [0.15, 0.2) is 0 Å². The lowest BCUT2D eigenvalue weighted by Crippen LogP contribution is -2.50. The lowest BCUT2D eigenvalue weighted by atomic mass is 9.66. The molecule has 2 heterocycles. The Hall–Kier alpha value is -0.170. The highest BCUT2D eigenvalue weighted by Crippen LogP contribution is 2.45. The quantitative estimate of drug-likeness (QED) is 0.762. The van der Waals surface area contributed by atoms with Gasteiger partial charge in [0.25, 0.3) is 0 Å². The number of nitrogens with zero attached hydrogens (tertiary/aromatic N) is 1. The normalized spacial score (nSPS) is 29.6. The predicted octanol–water partition coefficient (Wildman–Crippen LogP) is 0.711. The van der Waals surface area contributed by atoms with Crippen LogP contribution in [-0.4, -0.2) is 59.0 Å². The molecule has 5 nitrogen and oxygen atoms in total. The SMILES string of the molecule is COCC1COCCC12CCN(S(C)(=O)=O)CC2. The van der Waals surface area contributed by atoms with E-state index in [0.29, 0.717) is 25.6 Å². The molecule has 2 aliphatic rings. The second-order valence-corrected chi connectivity index (χ2v) is 7.48. The third-order valence-corrected chi connectivity index (χ3v) is 5.79. The zero-order valence-corrected chi connectivity index (χ0v) is 12.0. The highest BCUT2D eigenvalue weighted by atomic mass is 32.2. The fourth-order valence-corrected chi connectivity index (χ4v) is 4.08. The molecular formula is C12H23NO4S. The van der Waals surface area contributed by atoms with Gasteiger partial charge in [-0.2, -0.15) is 0 Å². The smallest absolute Gasteiger partial charge is 0.211 e. The number of rotatable bonds is 3. The maximum atomic E-state index is 11.5. The molecular weight excluding hydrogens is 254 g/mol. The Morgan fingerprint density at radius 1 is 1.33 bits per heavy atom. The van der Waals surface area contributed by atoms with Gasteiger partial charge in [0.2, 0.25) is 10.0 Å². The van der Waals surface area contributed by atoms with Crippen molar-refractivity contribution in [2.75, 3.05) is 46.3 Å². The van der Waals surface area contributed by atoms with Crippen LogP contribution in [-0.2, 0) is 19.5 Å². The van der Waals surface area contributed by atoms with E-state index in [1.165, 1.54) is 6.26 Å². The molecule has 1 spiro atoms. The van der Waals surface area contributed by atoms with Crippen LogP contribution in [0.25, 0.3) is 0 Å².